The lowest BCUT2D eigenvalue weighted by atomic mass is 10.3. The third-order valence-electron chi connectivity index (χ3n) is 2.52. The topological polar surface area (TPSA) is 79.0 Å². The smallest absolute Gasteiger partial charge is 0.282 e. The van der Waals surface area contributed by atoms with Crippen molar-refractivity contribution >= 4 is 21.9 Å². The summed E-state index contributed by atoms with van der Waals surface area (Å²) in [6.07, 6.45) is 2.91. The molecule has 0 aliphatic carbocycles. The number of nitrogen functional groups attached to an aromatic ring is 1. The van der Waals surface area contributed by atoms with Crippen molar-refractivity contribution < 1.29 is 8.42 Å². The van der Waals surface area contributed by atoms with Crippen molar-refractivity contribution in [3.63, 3.8) is 0 Å². The maximum Gasteiger partial charge on any atom is 0.282 e. The Morgan fingerprint density at radius 2 is 1.60 bits per heavy atom. The number of allylic oxidation sites excluding steroid dienone is 1. The Morgan fingerprint density at radius 3 is 2.05 bits per heavy atom. The average molecular weight is 296 g/mol. The monoisotopic (exact) mass is 296 g/mol. The fourth-order valence-electron chi connectivity index (χ4n) is 1.58. The van der Waals surface area contributed by atoms with Crippen molar-refractivity contribution in [2.75, 3.05) is 33.9 Å². The molecule has 0 fully saturated rings. The highest BCUT2D eigenvalue weighted by Gasteiger charge is 2.10. The summed E-state index contributed by atoms with van der Waals surface area (Å²) < 4.78 is 27.6. The summed E-state index contributed by atoms with van der Waals surface area (Å²) in [5.74, 6) is 0.834. The number of hydrogen-bond acceptors (Lipinski definition) is 5. The van der Waals surface area contributed by atoms with Gasteiger partial charge in [-0.25, -0.2) is 0 Å². The van der Waals surface area contributed by atoms with Crippen LogP contribution >= 0.6 is 0 Å². The molecule has 0 radical (unpaired) electrons. The van der Waals surface area contributed by atoms with Gasteiger partial charge in [-0.15, -0.1) is 0 Å². The molecule has 1 aromatic carbocycles. The zero-order valence-corrected chi connectivity index (χ0v) is 12.9. The van der Waals surface area contributed by atoms with Crippen molar-refractivity contribution in [1.29, 1.82) is 0 Å². The lowest BCUT2D eigenvalue weighted by Crippen LogP contribution is -2.24. The number of anilines is 1. The van der Waals surface area contributed by atoms with Crippen LogP contribution in [-0.2, 0) is 10.0 Å². The van der Waals surface area contributed by atoms with Crippen LogP contribution in [0.25, 0.3) is 0 Å². The third kappa shape index (κ3) is 4.27. The van der Waals surface area contributed by atoms with Gasteiger partial charge in [0.2, 0.25) is 0 Å². The van der Waals surface area contributed by atoms with E-state index in [9.17, 15) is 8.42 Å². The summed E-state index contributed by atoms with van der Waals surface area (Å²) in [6.45, 7) is 0. The van der Waals surface area contributed by atoms with E-state index in [4.69, 9.17) is 5.73 Å². The first-order valence-corrected chi connectivity index (χ1v) is 7.39. The summed E-state index contributed by atoms with van der Waals surface area (Å²) in [5, 5.41) is 0. The lowest BCUT2D eigenvalue weighted by molar-refractivity contribution is 0.344. The van der Waals surface area contributed by atoms with Gasteiger partial charge in [-0.1, -0.05) is 0 Å². The summed E-state index contributed by atoms with van der Waals surface area (Å²) in [6, 6.07) is 5.93. The Hall–Kier alpha value is -2.02. The van der Waals surface area contributed by atoms with E-state index in [1.165, 1.54) is 30.5 Å². The van der Waals surface area contributed by atoms with Crippen molar-refractivity contribution in [3.8, 4) is 0 Å². The summed E-state index contributed by atoms with van der Waals surface area (Å²) in [7, 11) is 3.78. The minimum absolute atomic E-state index is 0.118. The van der Waals surface area contributed by atoms with Gasteiger partial charge in [-0.3, -0.25) is 0 Å². The fraction of sp³-hybridized carbons (Fsp3) is 0.308. The SMILES string of the molecule is CN(C)C(=C/C=N/S(=O)(=O)c1ccc(N)cc1)N(C)C. The van der Waals surface area contributed by atoms with Crippen molar-refractivity contribution in [3.05, 3.63) is 36.2 Å². The van der Waals surface area contributed by atoms with Gasteiger partial charge in [-0.2, -0.15) is 12.8 Å². The van der Waals surface area contributed by atoms with Crippen molar-refractivity contribution in [1.82, 2.24) is 9.80 Å². The number of sulfonamides is 1. The summed E-state index contributed by atoms with van der Waals surface area (Å²) >= 11 is 0. The third-order valence-corrected chi connectivity index (χ3v) is 3.78. The van der Waals surface area contributed by atoms with Crippen LogP contribution in [0.15, 0.2) is 45.5 Å². The molecule has 1 rings (SSSR count). The van der Waals surface area contributed by atoms with Gasteiger partial charge >= 0.3 is 0 Å². The summed E-state index contributed by atoms with van der Waals surface area (Å²) in [5.41, 5.74) is 6.03. The van der Waals surface area contributed by atoms with E-state index in [2.05, 4.69) is 4.40 Å². The highest BCUT2D eigenvalue weighted by molar-refractivity contribution is 7.90. The predicted octanol–water partition coefficient (Wildman–Crippen LogP) is 0.993. The first-order valence-electron chi connectivity index (χ1n) is 5.95. The van der Waals surface area contributed by atoms with Crippen LogP contribution in [0, 0.1) is 0 Å². The number of benzene rings is 1. The molecule has 110 valence electrons. The first kappa shape index (κ1) is 16.0. The van der Waals surface area contributed by atoms with Crippen LogP contribution < -0.4 is 5.73 Å². The number of nitrogens with zero attached hydrogens (tertiary/aromatic N) is 3. The quantitative estimate of drug-likeness (QED) is 0.647. The Labute approximate surface area is 120 Å². The molecule has 0 atom stereocenters. The molecule has 0 aromatic heterocycles. The predicted molar refractivity (Wildman–Crippen MR) is 82.0 cm³/mol. The molecule has 0 saturated carbocycles. The Kier molecular flexibility index (Phi) is 5.15. The van der Waals surface area contributed by atoms with E-state index in [0.717, 1.165) is 5.82 Å². The van der Waals surface area contributed by atoms with Crippen LogP contribution in [0.1, 0.15) is 0 Å². The standard InChI is InChI=1S/C13H20N4O2S/c1-16(2)13(17(3)4)9-10-15-20(18,19)12-7-5-11(14)6-8-12/h5-10H,14H2,1-4H3/b15-10+. The molecular weight excluding hydrogens is 276 g/mol. The zero-order chi connectivity index (χ0) is 15.3. The zero-order valence-electron chi connectivity index (χ0n) is 12.1. The van der Waals surface area contributed by atoms with Crippen LogP contribution in [-0.4, -0.2) is 52.6 Å². The molecular formula is C13H20N4O2S. The molecule has 1 aromatic rings. The van der Waals surface area contributed by atoms with Crippen molar-refractivity contribution in [2.24, 2.45) is 4.40 Å². The number of hydrogen-bond donors (Lipinski definition) is 1. The molecule has 6 nitrogen and oxygen atoms in total. The Bertz CT molecular complexity index is 592. The van der Waals surface area contributed by atoms with E-state index < -0.39 is 10.0 Å². The second kappa shape index (κ2) is 6.42. The van der Waals surface area contributed by atoms with Crippen LogP contribution in [0.5, 0.6) is 0 Å². The van der Waals surface area contributed by atoms with Gasteiger partial charge in [0.1, 0.15) is 5.82 Å². The molecule has 0 bridgehead atoms. The Balaban J connectivity index is 2.99. The van der Waals surface area contributed by atoms with E-state index in [1.54, 1.807) is 6.08 Å². The van der Waals surface area contributed by atoms with Crippen molar-refractivity contribution in [2.45, 2.75) is 4.90 Å². The van der Waals surface area contributed by atoms with E-state index in [0.29, 0.717) is 5.69 Å². The molecule has 0 heterocycles. The highest BCUT2D eigenvalue weighted by Crippen LogP contribution is 2.14. The van der Waals surface area contributed by atoms with Gasteiger partial charge in [0.05, 0.1) is 4.90 Å². The second-order valence-corrected chi connectivity index (χ2v) is 6.24. The molecule has 7 heteroatoms. The molecule has 20 heavy (non-hydrogen) atoms. The van der Waals surface area contributed by atoms with Gasteiger partial charge in [-0.05, 0) is 30.3 Å². The second-order valence-electron chi connectivity index (χ2n) is 4.61. The minimum atomic E-state index is -3.69. The summed E-state index contributed by atoms with van der Waals surface area (Å²) in [4.78, 5) is 3.84. The maximum atomic E-state index is 12.0. The largest absolute Gasteiger partial charge is 0.399 e. The average Bonchev–Trinajstić information content (AvgIpc) is 2.34. The lowest BCUT2D eigenvalue weighted by Gasteiger charge is -2.23. The molecule has 2 N–H and O–H groups in total. The number of nitrogens with two attached hydrogens (primary N) is 1. The van der Waals surface area contributed by atoms with Gasteiger partial charge in [0.25, 0.3) is 10.0 Å². The van der Waals surface area contributed by atoms with E-state index >= 15 is 0 Å². The van der Waals surface area contributed by atoms with E-state index in [-0.39, 0.29) is 4.90 Å². The molecule has 0 saturated heterocycles. The molecule has 0 unspecified atom stereocenters. The molecule has 0 spiro atoms. The minimum Gasteiger partial charge on any atom is -0.399 e. The molecule has 0 amide bonds. The van der Waals surface area contributed by atoms with E-state index in [1.807, 2.05) is 38.0 Å². The maximum absolute atomic E-state index is 12.0. The van der Waals surface area contributed by atoms with Gasteiger partial charge in [0.15, 0.2) is 0 Å². The number of rotatable bonds is 5. The van der Waals surface area contributed by atoms with Crippen LogP contribution in [0.2, 0.25) is 0 Å². The fourth-order valence-corrected chi connectivity index (χ4v) is 2.40. The highest BCUT2D eigenvalue weighted by atomic mass is 32.2. The molecule has 0 aliphatic rings. The van der Waals surface area contributed by atoms with Gasteiger partial charge < -0.3 is 15.5 Å². The van der Waals surface area contributed by atoms with Crippen LogP contribution in [0.3, 0.4) is 0 Å². The first-order chi connectivity index (χ1) is 9.24. The normalized spacial score (nSPS) is 11.4. The van der Waals surface area contributed by atoms with Gasteiger partial charge in [0, 0.05) is 40.1 Å². The van der Waals surface area contributed by atoms with Crippen LogP contribution in [0.4, 0.5) is 5.69 Å². The molecule has 0 aliphatic heterocycles. The Morgan fingerprint density at radius 1 is 1.10 bits per heavy atom.